The van der Waals surface area contributed by atoms with Crippen LogP contribution in [-0.4, -0.2) is 16.8 Å². The molecule has 0 aliphatic heterocycles. The van der Waals surface area contributed by atoms with Gasteiger partial charge in [-0.1, -0.05) is 29.8 Å². The van der Waals surface area contributed by atoms with E-state index in [0.29, 0.717) is 11.1 Å². The van der Waals surface area contributed by atoms with Crippen LogP contribution in [0.4, 0.5) is 0 Å². The second-order valence-electron chi connectivity index (χ2n) is 4.32. The number of hydrogen-bond donors (Lipinski definition) is 2. The summed E-state index contributed by atoms with van der Waals surface area (Å²) >= 11 is 5.94. The maximum Gasteiger partial charge on any atom is 0.380 e. The van der Waals surface area contributed by atoms with Gasteiger partial charge < -0.3 is 8.37 Å². The largest absolute Gasteiger partial charge is 0.380 e. The predicted molar refractivity (Wildman–Crippen MR) is 84.4 cm³/mol. The summed E-state index contributed by atoms with van der Waals surface area (Å²) in [6.45, 7) is 0. The van der Waals surface area contributed by atoms with Gasteiger partial charge >= 0.3 is 20.6 Å². The van der Waals surface area contributed by atoms with Crippen LogP contribution in [0.3, 0.4) is 0 Å². The number of hydrogen-bond acceptors (Lipinski definition) is 6. The van der Waals surface area contributed by atoms with Gasteiger partial charge in [0.05, 0.1) is 5.02 Å². The summed E-state index contributed by atoms with van der Waals surface area (Å²) in [4.78, 5) is 0. The molecule has 0 amide bonds. The van der Waals surface area contributed by atoms with Crippen LogP contribution in [0.5, 0.6) is 11.5 Å². The van der Waals surface area contributed by atoms with Gasteiger partial charge in [0.1, 0.15) is 5.75 Å². The fourth-order valence-corrected chi connectivity index (χ4v) is 2.75. The van der Waals surface area contributed by atoms with Crippen molar-refractivity contribution in [3.63, 3.8) is 0 Å². The highest BCUT2D eigenvalue weighted by Crippen LogP contribution is 2.31. The monoisotopic (exact) mass is 378 g/mol. The van der Waals surface area contributed by atoms with E-state index < -0.39 is 20.6 Å². The predicted octanol–water partition coefficient (Wildman–Crippen LogP) is 1.17. The molecule has 0 atom stereocenters. The molecule has 0 aliphatic carbocycles. The van der Waals surface area contributed by atoms with Gasteiger partial charge in [-0.2, -0.15) is 27.1 Å². The molecule has 124 valence electrons. The topological polar surface area (TPSA) is 139 Å². The van der Waals surface area contributed by atoms with Crippen molar-refractivity contribution >= 4 is 32.2 Å². The summed E-state index contributed by atoms with van der Waals surface area (Å²) in [5, 5.41) is 9.58. The van der Waals surface area contributed by atoms with Crippen molar-refractivity contribution in [2.24, 2.45) is 10.3 Å². The first-order chi connectivity index (χ1) is 10.5. The van der Waals surface area contributed by atoms with Crippen LogP contribution in [0.15, 0.2) is 42.5 Å². The Morgan fingerprint density at radius 2 is 1.30 bits per heavy atom. The maximum atomic E-state index is 10.9. The summed E-state index contributed by atoms with van der Waals surface area (Å²) in [6.07, 6.45) is 0. The van der Waals surface area contributed by atoms with Gasteiger partial charge in [0, 0.05) is 0 Å². The minimum absolute atomic E-state index is 0.0430. The average molecular weight is 379 g/mol. The smallest absolute Gasteiger partial charge is 0.371 e. The average Bonchev–Trinajstić information content (AvgIpc) is 2.39. The van der Waals surface area contributed by atoms with Gasteiger partial charge in [0.2, 0.25) is 0 Å². The molecule has 0 radical (unpaired) electrons. The maximum absolute atomic E-state index is 10.9. The zero-order valence-electron chi connectivity index (χ0n) is 11.3. The van der Waals surface area contributed by atoms with Crippen molar-refractivity contribution < 1.29 is 25.2 Å². The van der Waals surface area contributed by atoms with E-state index in [2.05, 4.69) is 8.37 Å². The summed E-state index contributed by atoms with van der Waals surface area (Å²) in [7, 11) is -8.26. The molecule has 2 aromatic carbocycles. The lowest BCUT2D eigenvalue weighted by atomic mass is 10.1. The Morgan fingerprint density at radius 1 is 0.783 bits per heavy atom. The molecular weight excluding hydrogens is 368 g/mol. The second-order valence-corrected chi connectivity index (χ2v) is 7.03. The van der Waals surface area contributed by atoms with E-state index in [1.54, 1.807) is 18.2 Å². The van der Waals surface area contributed by atoms with E-state index in [4.69, 9.17) is 21.9 Å². The molecule has 11 heteroatoms. The van der Waals surface area contributed by atoms with Crippen molar-refractivity contribution in [2.75, 3.05) is 0 Å². The molecule has 0 spiro atoms. The zero-order chi connectivity index (χ0) is 17.3. The Bertz CT molecular complexity index is 927. The second kappa shape index (κ2) is 6.34. The van der Waals surface area contributed by atoms with Gasteiger partial charge in [-0.3, -0.25) is 0 Å². The van der Waals surface area contributed by atoms with Crippen molar-refractivity contribution in [3.05, 3.63) is 47.5 Å². The molecule has 0 bridgehead atoms. The van der Waals surface area contributed by atoms with Crippen molar-refractivity contribution in [2.45, 2.75) is 0 Å². The van der Waals surface area contributed by atoms with Gasteiger partial charge in [-0.15, -0.1) is 0 Å². The van der Waals surface area contributed by atoms with Crippen LogP contribution in [0.2, 0.25) is 5.02 Å². The highest BCUT2D eigenvalue weighted by atomic mass is 35.5. The van der Waals surface area contributed by atoms with E-state index in [-0.39, 0.29) is 16.5 Å². The Kier molecular flexibility index (Phi) is 4.82. The first-order valence-electron chi connectivity index (χ1n) is 5.88. The highest BCUT2D eigenvalue weighted by Gasteiger charge is 2.11. The lowest BCUT2D eigenvalue weighted by molar-refractivity contribution is 0.486. The number of nitrogens with two attached hydrogens (primary N) is 2. The van der Waals surface area contributed by atoms with E-state index in [0.717, 1.165) is 0 Å². The standard InChI is InChI=1S/C12H11ClN2O6S2/c13-11-7-9(3-6-12(11)21-23(15,18)19)8-1-4-10(5-2-8)20-22(14,16)17/h1-7H,(H2,14,16,17)(H2,15,18,19). The number of rotatable bonds is 5. The van der Waals surface area contributed by atoms with E-state index in [1.807, 2.05) is 0 Å². The SMILES string of the molecule is NS(=O)(=O)Oc1ccc(-c2ccc(OS(N)(=O)=O)c(Cl)c2)cc1. The normalized spacial score (nSPS) is 12.0. The van der Waals surface area contributed by atoms with Gasteiger partial charge in [0.15, 0.2) is 5.75 Å². The lowest BCUT2D eigenvalue weighted by Gasteiger charge is -2.08. The van der Waals surface area contributed by atoms with Gasteiger partial charge in [0.25, 0.3) is 0 Å². The molecule has 4 N–H and O–H groups in total. The lowest BCUT2D eigenvalue weighted by Crippen LogP contribution is -2.19. The molecule has 0 unspecified atom stereocenters. The van der Waals surface area contributed by atoms with Crippen molar-refractivity contribution in [3.8, 4) is 22.6 Å². The Labute approximate surface area is 138 Å². The molecule has 0 aliphatic rings. The molecule has 23 heavy (non-hydrogen) atoms. The zero-order valence-corrected chi connectivity index (χ0v) is 13.7. The molecular formula is C12H11ClN2O6S2. The highest BCUT2D eigenvalue weighted by molar-refractivity contribution is 7.85. The quantitative estimate of drug-likeness (QED) is 0.800. The summed E-state index contributed by atoms with van der Waals surface area (Å²) in [5.74, 6) is -0.0522. The van der Waals surface area contributed by atoms with E-state index >= 15 is 0 Å². The fourth-order valence-electron chi connectivity index (χ4n) is 1.71. The van der Waals surface area contributed by atoms with Crippen LogP contribution in [-0.2, 0) is 20.6 Å². The minimum atomic E-state index is -4.17. The molecule has 0 saturated heterocycles. The van der Waals surface area contributed by atoms with E-state index in [1.165, 1.54) is 24.3 Å². The minimum Gasteiger partial charge on any atom is -0.371 e. The van der Waals surface area contributed by atoms with E-state index in [9.17, 15) is 16.8 Å². The third kappa shape index (κ3) is 5.37. The number of halogens is 1. The summed E-state index contributed by atoms with van der Waals surface area (Å²) < 4.78 is 52.4. The van der Waals surface area contributed by atoms with Crippen molar-refractivity contribution in [1.29, 1.82) is 0 Å². The van der Waals surface area contributed by atoms with Crippen LogP contribution in [0, 0.1) is 0 Å². The first kappa shape index (κ1) is 17.5. The molecule has 2 aromatic rings. The Morgan fingerprint density at radius 3 is 1.78 bits per heavy atom. The van der Waals surface area contributed by atoms with Crippen LogP contribution in [0.25, 0.3) is 11.1 Å². The van der Waals surface area contributed by atoms with Crippen LogP contribution in [0.1, 0.15) is 0 Å². The van der Waals surface area contributed by atoms with Crippen LogP contribution >= 0.6 is 11.6 Å². The van der Waals surface area contributed by atoms with Crippen LogP contribution < -0.4 is 18.6 Å². The molecule has 0 saturated carbocycles. The van der Waals surface area contributed by atoms with Crippen molar-refractivity contribution in [1.82, 2.24) is 0 Å². The Hall–Kier alpha value is -1.85. The molecule has 0 aromatic heterocycles. The molecule has 0 heterocycles. The first-order valence-corrected chi connectivity index (χ1v) is 9.20. The van der Waals surface area contributed by atoms with Gasteiger partial charge in [-0.05, 0) is 35.4 Å². The fraction of sp³-hybridized carbons (Fsp3) is 0. The third-order valence-corrected chi connectivity index (χ3v) is 3.67. The van der Waals surface area contributed by atoms with Gasteiger partial charge in [-0.25, -0.2) is 0 Å². The summed E-state index contributed by atoms with van der Waals surface area (Å²) in [5.41, 5.74) is 1.31. The third-order valence-electron chi connectivity index (χ3n) is 2.54. The molecule has 0 fully saturated rings. The molecule has 8 nitrogen and oxygen atoms in total. The Balaban J connectivity index is 2.27. The molecule has 2 rings (SSSR count). The summed E-state index contributed by atoms with van der Waals surface area (Å²) in [6, 6.07) is 10.3. The number of benzene rings is 2.